The average Bonchev–Trinajstić information content (AvgIpc) is 2.55. The number of benzene rings is 1. The van der Waals surface area contributed by atoms with Gasteiger partial charge < -0.3 is 11.1 Å². The smallest absolute Gasteiger partial charge is 0.251 e. The molecule has 2 rings (SSSR count). The van der Waals surface area contributed by atoms with Gasteiger partial charge in [0.1, 0.15) is 0 Å². The number of carbonyl (C=O) groups is 1. The summed E-state index contributed by atoms with van der Waals surface area (Å²) in [5.74, 6) is -0.277. The minimum atomic E-state index is -3.52. The van der Waals surface area contributed by atoms with E-state index in [0.717, 1.165) is 19.3 Å². The average molecular weight is 339 g/mol. The van der Waals surface area contributed by atoms with Crippen molar-refractivity contribution in [2.75, 3.05) is 19.6 Å². The molecule has 0 spiro atoms. The number of rotatable bonds is 6. The summed E-state index contributed by atoms with van der Waals surface area (Å²) in [6, 6.07) is 6.24. The molecule has 1 fully saturated rings. The molecule has 0 aromatic heterocycles. The fourth-order valence-electron chi connectivity index (χ4n) is 2.57. The van der Waals surface area contributed by atoms with Crippen LogP contribution in [0.25, 0.3) is 0 Å². The molecule has 0 aliphatic carbocycles. The molecule has 128 valence electrons. The van der Waals surface area contributed by atoms with Crippen LogP contribution >= 0.6 is 0 Å². The van der Waals surface area contributed by atoms with Gasteiger partial charge in [-0.25, -0.2) is 8.42 Å². The van der Waals surface area contributed by atoms with Crippen molar-refractivity contribution in [2.45, 2.75) is 43.5 Å². The number of hydrogen-bond donors (Lipinski definition) is 2. The minimum absolute atomic E-state index is 0.0149. The summed E-state index contributed by atoms with van der Waals surface area (Å²) in [6.07, 6.45) is 3.51. The summed E-state index contributed by atoms with van der Waals surface area (Å²) >= 11 is 0. The lowest BCUT2D eigenvalue weighted by molar-refractivity contribution is 0.0952. The quantitative estimate of drug-likeness (QED) is 0.818. The zero-order valence-corrected chi connectivity index (χ0v) is 14.3. The fourth-order valence-corrected chi connectivity index (χ4v) is 4.13. The van der Waals surface area contributed by atoms with E-state index >= 15 is 0 Å². The number of nitrogens with two attached hydrogens (primary N) is 1. The third kappa shape index (κ3) is 4.76. The number of amides is 1. The molecule has 1 amide bonds. The first-order chi connectivity index (χ1) is 10.9. The van der Waals surface area contributed by atoms with Crippen LogP contribution < -0.4 is 11.1 Å². The molecule has 1 saturated heterocycles. The Morgan fingerprint density at radius 2 is 2.00 bits per heavy atom. The largest absolute Gasteiger partial charge is 0.352 e. The van der Waals surface area contributed by atoms with Crippen molar-refractivity contribution < 1.29 is 13.2 Å². The Hall–Kier alpha value is -1.44. The molecule has 1 aliphatic heterocycles. The van der Waals surface area contributed by atoms with Crippen LogP contribution in [0.3, 0.4) is 0 Å². The van der Waals surface area contributed by atoms with Gasteiger partial charge in [-0.2, -0.15) is 4.31 Å². The Bertz CT molecular complexity index is 638. The van der Waals surface area contributed by atoms with Crippen LogP contribution in [0.4, 0.5) is 0 Å². The van der Waals surface area contributed by atoms with Crippen molar-refractivity contribution in [1.82, 2.24) is 9.62 Å². The number of hydrogen-bond acceptors (Lipinski definition) is 4. The first kappa shape index (κ1) is 17.9. The molecule has 7 heteroatoms. The molecule has 1 atom stereocenters. The molecule has 1 aromatic carbocycles. The Balaban J connectivity index is 2.11. The number of nitrogens with one attached hydrogen (secondary N) is 1. The second kappa shape index (κ2) is 7.90. The van der Waals surface area contributed by atoms with E-state index in [-0.39, 0.29) is 16.8 Å². The van der Waals surface area contributed by atoms with Crippen LogP contribution in [-0.4, -0.2) is 44.3 Å². The summed E-state index contributed by atoms with van der Waals surface area (Å²) < 4.78 is 26.8. The number of sulfonamides is 1. The Kier molecular flexibility index (Phi) is 6.15. The van der Waals surface area contributed by atoms with Crippen LogP contribution in [0.2, 0.25) is 0 Å². The third-order valence-corrected chi connectivity index (χ3v) is 5.83. The highest BCUT2D eigenvalue weighted by Gasteiger charge is 2.26. The molecule has 1 aliphatic rings. The van der Waals surface area contributed by atoms with Crippen LogP contribution in [-0.2, 0) is 10.0 Å². The number of piperidine rings is 1. The predicted octanol–water partition coefficient (Wildman–Crippen LogP) is 1.33. The monoisotopic (exact) mass is 339 g/mol. The molecule has 0 radical (unpaired) electrons. The van der Waals surface area contributed by atoms with E-state index in [1.165, 1.54) is 10.4 Å². The maximum atomic E-state index is 12.6. The Morgan fingerprint density at radius 3 is 2.65 bits per heavy atom. The van der Waals surface area contributed by atoms with Crippen molar-refractivity contribution in [3.05, 3.63) is 29.8 Å². The molecule has 0 saturated carbocycles. The molecule has 1 unspecified atom stereocenters. The lowest BCUT2D eigenvalue weighted by Crippen LogP contribution is -2.35. The van der Waals surface area contributed by atoms with Crippen molar-refractivity contribution in [1.29, 1.82) is 0 Å². The van der Waals surface area contributed by atoms with Gasteiger partial charge >= 0.3 is 0 Å². The standard InChI is InChI=1S/C16H25N3O3S/c1-13(17)8-9-18-16(20)14-6-5-7-15(12-14)23(21,22)19-10-3-2-4-11-19/h5-7,12-13H,2-4,8-11,17H2,1H3,(H,18,20). The van der Waals surface area contributed by atoms with Gasteiger partial charge in [0.15, 0.2) is 0 Å². The summed E-state index contributed by atoms with van der Waals surface area (Å²) in [5.41, 5.74) is 6.00. The highest BCUT2D eigenvalue weighted by atomic mass is 32.2. The second-order valence-corrected chi connectivity index (χ2v) is 7.95. The summed E-state index contributed by atoms with van der Waals surface area (Å²) in [7, 11) is -3.52. The van der Waals surface area contributed by atoms with Gasteiger partial charge in [0, 0.05) is 31.2 Å². The maximum absolute atomic E-state index is 12.6. The third-order valence-electron chi connectivity index (χ3n) is 3.93. The van der Waals surface area contributed by atoms with Crippen LogP contribution in [0, 0.1) is 0 Å². The summed E-state index contributed by atoms with van der Waals surface area (Å²) in [5, 5.41) is 2.76. The number of nitrogens with zero attached hydrogens (tertiary/aromatic N) is 1. The molecular weight excluding hydrogens is 314 g/mol. The number of carbonyl (C=O) groups excluding carboxylic acids is 1. The van der Waals surface area contributed by atoms with Crippen LogP contribution in [0.15, 0.2) is 29.2 Å². The molecule has 1 aromatic rings. The van der Waals surface area contributed by atoms with E-state index in [0.29, 0.717) is 31.6 Å². The van der Waals surface area contributed by atoms with Crippen molar-refractivity contribution in [3.8, 4) is 0 Å². The van der Waals surface area contributed by atoms with Crippen molar-refractivity contribution in [3.63, 3.8) is 0 Å². The highest BCUT2D eigenvalue weighted by molar-refractivity contribution is 7.89. The van der Waals surface area contributed by atoms with E-state index in [2.05, 4.69) is 5.32 Å². The van der Waals surface area contributed by atoms with E-state index in [1.807, 2.05) is 6.92 Å². The Morgan fingerprint density at radius 1 is 1.30 bits per heavy atom. The predicted molar refractivity (Wildman–Crippen MR) is 89.7 cm³/mol. The highest BCUT2D eigenvalue weighted by Crippen LogP contribution is 2.21. The second-order valence-electron chi connectivity index (χ2n) is 6.01. The summed E-state index contributed by atoms with van der Waals surface area (Å²) in [6.45, 7) is 3.44. The normalized spacial score (nSPS) is 17.7. The lowest BCUT2D eigenvalue weighted by atomic mass is 10.2. The zero-order valence-electron chi connectivity index (χ0n) is 13.5. The van der Waals surface area contributed by atoms with Crippen LogP contribution in [0.1, 0.15) is 43.0 Å². The van der Waals surface area contributed by atoms with Gasteiger partial charge in [-0.1, -0.05) is 12.5 Å². The molecule has 6 nitrogen and oxygen atoms in total. The minimum Gasteiger partial charge on any atom is -0.352 e. The Labute approximate surface area is 138 Å². The van der Waals surface area contributed by atoms with E-state index in [9.17, 15) is 13.2 Å². The molecule has 1 heterocycles. The van der Waals surface area contributed by atoms with E-state index in [1.54, 1.807) is 18.2 Å². The fraction of sp³-hybridized carbons (Fsp3) is 0.562. The van der Waals surface area contributed by atoms with Gasteiger partial charge in [-0.05, 0) is 44.4 Å². The SMILES string of the molecule is CC(N)CCNC(=O)c1cccc(S(=O)(=O)N2CCCCC2)c1. The summed E-state index contributed by atoms with van der Waals surface area (Å²) in [4.78, 5) is 12.3. The van der Waals surface area contributed by atoms with Gasteiger partial charge in [0.2, 0.25) is 10.0 Å². The lowest BCUT2D eigenvalue weighted by Gasteiger charge is -2.26. The van der Waals surface area contributed by atoms with Gasteiger partial charge in [-0.15, -0.1) is 0 Å². The van der Waals surface area contributed by atoms with Crippen LogP contribution in [0.5, 0.6) is 0 Å². The molecular formula is C16H25N3O3S. The van der Waals surface area contributed by atoms with Gasteiger partial charge in [0.25, 0.3) is 5.91 Å². The topological polar surface area (TPSA) is 92.5 Å². The zero-order chi connectivity index (χ0) is 16.9. The first-order valence-corrected chi connectivity index (χ1v) is 9.49. The van der Waals surface area contributed by atoms with Gasteiger partial charge in [-0.3, -0.25) is 4.79 Å². The molecule has 23 heavy (non-hydrogen) atoms. The molecule has 3 N–H and O–H groups in total. The van der Waals surface area contributed by atoms with E-state index in [4.69, 9.17) is 5.73 Å². The first-order valence-electron chi connectivity index (χ1n) is 8.05. The maximum Gasteiger partial charge on any atom is 0.251 e. The van der Waals surface area contributed by atoms with Crippen molar-refractivity contribution in [2.24, 2.45) is 5.73 Å². The van der Waals surface area contributed by atoms with Crippen molar-refractivity contribution >= 4 is 15.9 Å². The van der Waals surface area contributed by atoms with Gasteiger partial charge in [0.05, 0.1) is 4.90 Å². The molecule has 0 bridgehead atoms. The van der Waals surface area contributed by atoms with E-state index < -0.39 is 10.0 Å².